The number of thioether (sulfide) groups is 1. The highest BCUT2D eigenvalue weighted by molar-refractivity contribution is 7.99. The summed E-state index contributed by atoms with van der Waals surface area (Å²) >= 11 is 0.674. The number of anilines is 1. The zero-order chi connectivity index (χ0) is 18.3. The Kier molecular flexibility index (Phi) is 6.59. The third-order valence-corrected chi connectivity index (χ3v) is 5.16. The summed E-state index contributed by atoms with van der Waals surface area (Å²) < 4.78 is 37.2. The molecule has 0 radical (unpaired) electrons. The minimum absolute atomic E-state index is 0.0903. The van der Waals surface area contributed by atoms with Gasteiger partial charge in [-0.2, -0.15) is 18.4 Å². The van der Waals surface area contributed by atoms with Crippen LogP contribution in [0.1, 0.15) is 32.1 Å². The van der Waals surface area contributed by atoms with Crippen LogP contribution in [-0.4, -0.2) is 29.9 Å². The molecule has 1 saturated carbocycles. The van der Waals surface area contributed by atoms with Gasteiger partial charge in [-0.25, -0.2) is 0 Å². The fourth-order valence-electron chi connectivity index (χ4n) is 2.80. The summed E-state index contributed by atoms with van der Waals surface area (Å²) in [6.07, 6.45) is -0.131. The van der Waals surface area contributed by atoms with Crippen LogP contribution in [0.2, 0.25) is 0 Å². The minimum atomic E-state index is -4.25. The SMILES string of the molecule is N#CC1(NC(=O)CNc2ccccc2SCC(F)(F)F)CCCCC1. The van der Waals surface area contributed by atoms with Gasteiger partial charge in [0.2, 0.25) is 5.91 Å². The van der Waals surface area contributed by atoms with Crippen molar-refractivity contribution in [1.82, 2.24) is 5.32 Å². The number of rotatable bonds is 6. The molecule has 1 amide bonds. The van der Waals surface area contributed by atoms with E-state index in [0.717, 1.165) is 19.3 Å². The molecule has 0 bridgehead atoms. The van der Waals surface area contributed by atoms with Crippen LogP contribution >= 0.6 is 11.8 Å². The van der Waals surface area contributed by atoms with Gasteiger partial charge in [0, 0.05) is 10.6 Å². The average Bonchev–Trinajstić information content (AvgIpc) is 2.59. The Hall–Kier alpha value is -1.88. The first kappa shape index (κ1) is 19.4. The van der Waals surface area contributed by atoms with Crippen molar-refractivity contribution in [3.05, 3.63) is 24.3 Å². The summed E-state index contributed by atoms with van der Waals surface area (Å²) in [6.45, 7) is -0.0903. The second-order valence-electron chi connectivity index (χ2n) is 6.06. The van der Waals surface area contributed by atoms with Crippen molar-refractivity contribution in [2.75, 3.05) is 17.6 Å². The molecule has 2 rings (SSSR count). The van der Waals surface area contributed by atoms with E-state index in [-0.39, 0.29) is 12.5 Å². The number of alkyl halides is 3. The summed E-state index contributed by atoms with van der Waals surface area (Å²) in [5.74, 6) is -1.32. The highest BCUT2D eigenvalue weighted by Crippen LogP contribution is 2.32. The quantitative estimate of drug-likeness (QED) is 0.739. The lowest BCUT2D eigenvalue weighted by molar-refractivity contribution is -0.121. The van der Waals surface area contributed by atoms with Crippen LogP contribution in [0.25, 0.3) is 0 Å². The van der Waals surface area contributed by atoms with E-state index in [1.54, 1.807) is 24.3 Å². The maximum Gasteiger partial charge on any atom is 0.398 e. The molecular formula is C17H20F3N3OS. The number of benzene rings is 1. The number of nitrogens with zero attached hydrogens (tertiary/aromatic N) is 1. The Bertz CT molecular complexity index is 637. The van der Waals surface area contributed by atoms with Crippen LogP contribution in [0.15, 0.2) is 29.2 Å². The van der Waals surface area contributed by atoms with Gasteiger partial charge in [-0.1, -0.05) is 31.4 Å². The van der Waals surface area contributed by atoms with Crippen LogP contribution in [0.4, 0.5) is 18.9 Å². The first-order valence-corrected chi connectivity index (χ1v) is 9.07. The van der Waals surface area contributed by atoms with Gasteiger partial charge in [0.1, 0.15) is 5.54 Å². The van der Waals surface area contributed by atoms with Crippen molar-refractivity contribution in [3.8, 4) is 6.07 Å². The molecule has 0 aromatic heterocycles. The molecule has 0 aliphatic heterocycles. The van der Waals surface area contributed by atoms with Crippen LogP contribution in [0.5, 0.6) is 0 Å². The highest BCUT2D eigenvalue weighted by Gasteiger charge is 2.33. The number of hydrogen-bond donors (Lipinski definition) is 2. The summed E-state index contributed by atoms with van der Waals surface area (Å²) in [6, 6.07) is 8.76. The summed E-state index contributed by atoms with van der Waals surface area (Å²) in [4.78, 5) is 12.6. The number of carbonyl (C=O) groups is 1. The van der Waals surface area contributed by atoms with Gasteiger partial charge < -0.3 is 10.6 Å². The van der Waals surface area contributed by atoms with E-state index in [1.807, 2.05) is 0 Å². The fourth-order valence-corrected chi connectivity index (χ4v) is 3.59. The third kappa shape index (κ3) is 6.16. The molecular weight excluding hydrogens is 351 g/mol. The predicted molar refractivity (Wildman–Crippen MR) is 91.3 cm³/mol. The number of amides is 1. The molecule has 0 unspecified atom stereocenters. The summed E-state index contributed by atoms with van der Waals surface area (Å²) in [5, 5.41) is 15.0. The molecule has 0 atom stereocenters. The van der Waals surface area contributed by atoms with E-state index in [0.29, 0.717) is 35.2 Å². The lowest BCUT2D eigenvalue weighted by Crippen LogP contribution is -2.50. The van der Waals surface area contributed by atoms with E-state index in [2.05, 4.69) is 16.7 Å². The second kappa shape index (κ2) is 8.48. The molecule has 4 nitrogen and oxygen atoms in total. The van der Waals surface area contributed by atoms with Crippen molar-refractivity contribution >= 4 is 23.4 Å². The molecule has 1 aliphatic rings. The van der Waals surface area contributed by atoms with Crippen LogP contribution in [0.3, 0.4) is 0 Å². The van der Waals surface area contributed by atoms with Crippen LogP contribution in [-0.2, 0) is 4.79 Å². The number of hydrogen-bond acceptors (Lipinski definition) is 4. The lowest BCUT2D eigenvalue weighted by atomic mass is 9.83. The Morgan fingerprint density at radius 3 is 2.56 bits per heavy atom. The monoisotopic (exact) mass is 371 g/mol. The standard InChI is InChI=1S/C17H20F3N3OS/c18-17(19,20)12-25-14-7-3-2-6-13(14)22-10-15(24)23-16(11-21)8-4-1-5-9-16/h2-3,6-7,22H,1,4-5,8-10,12H2,(H,23,24). The largest absolute Gasteiger partial charge is 0.398 e. The molecule has 136 valence electrons. The number of nitrogens with one attached hydrogen (secondary N) is 2. The molecule has 1 fully saturated rings. The predicted octanol–water partition coefficient (Wildman–Crippen LogP) is 4.10. The molecule has 8 heteroatoms. The third-order valence-electron chi connectivity index (χ3n) is 4.02. The zero-order valence-electron chi connectivity index (χ0n) is 13.7. The second-order valence-corrected chi connectivity index (χ2v) is 7.07. The summed E-state index contributed by atoms with van der Waals surface area (Å²) in [5.41, 5.74) is -0.344. The number of halogens is 3. The van der Waals surface area contributed by atoms with Crippen molar-refractivity contribution in [3.63, 3.8) is 0 Å². The van der Waals surface area contributed by atoms with E-state index < -0.39 is 17.5 Å². The van der Waals surface area contributed by atoms with E-state index in [9.17, 15) is 23.2 Å². The Morgan fingerprint density at radius 2 is 1.92 bits per heavy atom. The number of para-hydroxylation sites is 1. The van der Waals surface area contributed by atoms with Gasteiger partial charge in [0.25, 0.3) is 0 Å². The molecule has 0 saturated heterocycles. The Balaban J connectivity index is 1.92. The smallest absolute Gasteiger partial charge is 0.375 e. The van der Waals surface area contributed by atoms with Crippen molar-refractivity contribution in [1.29, 1.82) is 5.26 Å². The normalized spacial score (nSPS) is 16.7. The topological polar surface area (TPSA) is 64.9 Å². The summed E-state index contributed by atoms with van der Waals surface area (Å²) in [7, 11) is 0. The first-order valence-electron chi connectivity index (χ1n) is 8.08. The van der Waals surface area contributed by atoms with E-state index in [4.69, 9.17) is 0 Å². The van der Waals surface area contributed by atoms with Crippen LogP contribution in [0, 0.1) is 11.3 Å². The Labute approximate surface area is 149 Å². The van der Waals surface area contributed by atoms with Gasteiger partial charge in [-0.05, 0) is 25.0 Å². The van der Waals surface area contributed by atoms with Gasteiger partial charge in [0.05, 0.1) is 18.4 Å². The zero-order valence-corrected chi connectivity index (χ0v) is 14.5. The van der Waals surface area contributed by atoms with Crippen molar-refractivity contribution in [2.24, 2.45) is 0 Å². The minimum Gasteiger partial charge on any atom is -0.375 e. The van der Waals surface area contributed by atoms with Crippen LogP contribution < -0.4 is 10.6 Å². The Morgan fingerprint density at radius 1 is 1.24 bits per heavy atom. The highest BCUT2D eigenvalue weighted by atomic mass is 32.2. The molecule has 0 spiro atoms. The molecule has 0 heterocycles. The van der Waals surface area contributed by atoms with Gasteiger partial charge in [-0.15, -0.1) is 11.8 Å². The maximum atomic E-state index is 12.4. The van der Waals surface area contributed by atoms with E-state index in [1.165, 1.54) is 0 Å². The molecule has 1 aromatic carbocycles. The molecule has 2 N–H and O–H groups in total. The average molecular weight is 371 g/mol. The molecule has 25 heavy (non-hydrogen) atoms. The molecule has 1 aliphatic carbocycles. The lowest BCUT2D eigenvalue weighted by Gasteiger charge is -2.31. The number of carbonyl (C=O) groups excluding carboxylic acids is 1. The fraction of sp³-hybridized carbons (Fsp3) is 0.529. The number of nitriles is 1. The van der Waals surface area contributed by atoms with Gasteiger partial charge in [-0.3, -0.25) is 4.79 Å². The van der Waals surface area contributed by atoms with Crippen molar-refractivity contribution in [2.45, 2.75) is 48.7 Å². The van der Waals surface area contributed by atoms with Crippen molar-refractivity contribution < 1.29 is 18.0 Å². The van der Waals surface area contributed by atoms with Gasteiger partial charge in [0.15, 0.2) is 0 Å². The first-order chi connectivity index (χ1) is 11.8. The maximum absolute atomic E-state index is 12.4. The van der Waals surface area contributed by atoms with Gasteiger partial charge >= 0.3 is 6.18 Å². The molecule has 1 aromatic rings. The van der Waals surface area contributed by atoms with E-state index >= 15 is 0 Å².